The molecule has 6 nitrogen and oxygen atoms in total. The van der Waals surface area contributed by atoms with Crippen LogP contribution in [0.25, 0.3) is 0 Å². The lowest BCUT2D eigenvalue weighted by Crippen LogP contribution is -2.66. The third-order valence-electron chi connectivity index (χ3n) is 6.28. The summed E-state index contributed by atoms with van der Waals surface area (Å²) in [5, 5.41) is 0. The Morgan fingerprint density at radius 3 is 2.70 bits per heavy atom. The molecule has 3 fully saturated rings. The average molecular weight is 374 g/mol. The second kappa shape index (κ2) is 8.07. The van der Waals surface area contributed by atoms with Crippen molar-refractivity contribution in [3.05, 3.63) is 24.3 Å². The Morgan fingerprint density at radius 2 is 1.96 bits per heavy atom. The van der Waals surface area contributed by atoms with Gasteiger partial charge in [0, 0.05) is 6.61 Å². The Labute approximate surface area is 161 Å². The van der Waals surface area contributed by atoms with Gasteiger partial charge in [0.15, 0.2) is 18.1 Å². The quantitative estimate of drug-likeness (QED) is 0.732. The second-order valence-electron chi connectivity index (χ2n) is 7.93. The van der Waals surface area contributed by atoms with Crippen LogP contribution in [0.2, 0.25) is 0 Å². The summed E-state index contributed by atoms with van der Waals surface area (Å²) in [6, 6.07) is 7.40. The zero-order valence-corrected chi connectivity index (χ0v) is 16.2. The van der Waals surface area contributed by atoms with E-state index < -0.39 is 0 Å². The molecule has 1 aromatic rings. The van der Waals surface area contributed by atoms with Gasteiger partial charge in [-0.1, -0.05) is 12.1 Å². The summed E-state index contributed by atoms with van der Waals surface area (Å²) in [5.41, 5.74) is -0.111. The van der Waals surface area contributed by atoms with Gasteiger partial charge >= 0.3 is 0 Å². The summed E-state index contributed by atoms with van der Waals surface area (Å²) in [6.07, 6.45) is 4.97. The molecule has 1 atom stereocenters. The third-order valence-corrected chi connectivity index (χ3v) is 6.28. The van der Waals surface area contributed by atoms with Gasteiger partial charge in [0.05, 0.1) is 20.2 Å². The van der Waals surface area contributed by atoms with Gasteiger partial charge in [-0.05, 0) is 63.4 Å². The van der Waals surface area contributed by atoms with Gasteiger partial charge in [0.1, 0.15) is 5.60 Å². The molecule has 0 N–H and O–H groups in total. The Hall–Kier alpha value is -1.79. The number of hydrogen-bond donors (Lipinski definition) is 0. The van der Waals surface area contributed by atoms with E-state index in [2.05, 4.69) is 4.90 Å². The van der Waals surface area contributed by atoms with Crippen LogP contribution in [0.4, 0.5) is 0 Å². The van der Waals surface area contributed by atoms with Crippen LogP contribution >= 0.6 is 0 Å². The fraction of sp³-hybridized carbons (Fsp3) is 0.667. The number of rotatable bonds is 7. The van der Waals surface area contributed by atoms with Gasteiger partial charge in [0.2, 0.25) is 0 Å². The normalized spacial score (nSPS) is 24.2. The number of ether oxygens (including phenoxy) is 3. The molecule has 3 saturated heterocycles. The van der Waals surface area contributed by atoms with Gasteiger partial charge in [-0.2, -0.15) is 0 Å². The van der Waals surface area contributed by atoms with Crippen molar-refractivity contribution in [1.82, 2.24) is 9.80 Å². The van der Waals surface area contributed by atoms with E-state index in [1.165, 1.54) is 38.9 Å². The number of methoxy groups -OCH3 is 1. The Morgan fingerprint density at radius 1 is 1.22 bits per heavy atom. The number of benzene rings is 1. The molecule has 0 aromatic heterocycles. The smallest absolute Gasteiger partial charge is 0.260 e. The molecule has 6 heteroatoms. The monoisotopic (exact) mass is 374 g/mol. The Kier molecular flexibility index (Phi) is 5.55. The number of para-hydroxylation sites is 2. The van der Waals surface area contributed by atoms with Crippen molar-refractivity contribution in [3.63, 3.8) is 0 Å². The summed E-state index contributed by atoms with van der Waals surface area (Å²) in [6.45, 7) is 5.91. The van der Waals surface area contributed by atoms with E-state index in [-0.39, 0.29) is 18.1 Å². The summed E-state index contributed by atoms with van der Waals surface area (Å²) >= 11 is 0. The zero-order chi connectivity index (χ0) is 18.7. The van der Waals surface area contributed by atoms with Crippen molar-refractivity contribution >= 4 is 5.91 Å². The van der Waals surface area contributed by atoms with E-state index >= 15 is 0 Å². The largest absolute Gasteiger partial charge is 0.493 e. The topological polar surface area (TPSA) is 51.2 Å². The van der Waals surface area contributed by atoms with Crippen molar-refractivity contribution in [2.45, 2.75) is 31.3 Å². The molecular formula is C21H30N2O4. The fourth-order valence-corrected chi connectivity index (χ4v) is 4.63. The van der Waals surface area contributed by atoms with Crippen molar-refractivity contribution < 1.29 is 19.0 Å². The van der Waals surface area contributed by atoms with E-state index in [9.17, 15) is 4.79 Å². The van der Waals surface area contributed by atoms with Crippen LogP contribution in [-0.4, -0.2) is 74.4 Å². The van der Waals surface area contributed by atoms with Crippen LogP contribution in [0.1, 0.15) is 25.7 Å². The molecule has 3 aliphatic heterocycles. The second-order valence-corrected chi connectivity index (χ2v) is 7.93. The highest BCUT2D eigenvalue weighted by Crippen LogP contribution is 2.42. The van der Waals surface area contributed by atoms with Crippen molar-refractivity contribution in [3.8, 4) is 11.5 Å². The van der Waals surface area contributed by atoms with Crippen LogP contribution in [0.5, 0.6) is 11.5 Å². The summed E-state index contributed by atoms with van der Waals surface area (Å²) in [7, 11) is 1.60. The lowest BCUT2D eigenvalue weighted by atomic mass is 9.79. The lowest BCUT2D eigenvalue weighted by Gasteiger charge is -2.50. The molecule has 148 valence electrons. The minimum Gasteiger partial charge on any atom is -0.493 e. The first-order valence-electron chi connectivity index (χ1n) is 10.1. The van der Waals surface area contributed by atoms with Crippen LogP contribution in [-0.2, 0) is 9.53 Å². The third kappa shape index (κ3) is 3.92. The molecule has 0 saturated carbocycles. The summed E-state index contributed by atoms with van der Waals surface area (Å²) in [5.74, 6) is 1.83. The summed E-state index contributed by atoms with van der Waals surface area (Å²) in [4.78, 5) is 16.9. The van der Waals surface area contributed by atoms with Crippen molar-refractivity contribution in [2.24, 2.45) is 5.92 Å². The Balaban J connectivity index is 1.25. The molecule has 1 amide bonds. The first-order chi connectivity index (χ1) is 13.2. The maximum atomic E-state index is 12.5. The molecule has 0 aliphatic carbocycles. The number of amides is 1. The molecule has 1 aromatic carbocycles. The highest BCUT2D eigenvalue weighted by Gasteiger charge is 2.54. The van der Waals surface area contributed by atoms with Crippen LogP contribution in [0, 0.1) is 5.92 Å². The minimum atomic E-state index is -0.111. The molecule has 3 aliphatic rings. The molecule has 1 spiro atoms. The fourth-order valence-electron chi connectivity index (χ4n) is 4.63. The molecule has 3 heterocycles. The highest BCUT2D eigenvalue weighted by molar-refractivity contribution is 5.79. The molecule has 1 unspecified atom stereocenters. The average Bonchev–Trinajstić information content (AvgIpc) is 3.32. The number of carbonyl (C=O) groups excluding carboxylic acids is 1. The van der Waals surface area contributed by atoms with E-state index in [1.807, 2.05) is 29.2 Å². The SMILES string of the molecule is COc1ccccc1OCC(=O)N1CC2(C1)OCCC2CCN1CCCC1. The molecule has 0 bridgehead atoms. The summed E-state index contributed by atoms with van der Waals surface area (Å²) < 4.78 is 17.1. The molecule has 27 heavy (non-hydrogen) atoms. The van der Waals surface area contributed by atoms with E-state index in [4.69, 9.17) is 14.2 Å². The van der Waals surface area contributed by atoms with E-state index in [0.29, 0.717) is 30.5 Å². The van der Waals surface area contributed by atoms with E-state index in [0.717, 1.165) is 13.0 Å². The maximum absolute atomic E-state index is 12.5. The standard InChI is InChI=1S/C21H30N2O4/c1-25-18-6-2-3-7-19(18)26-14-20(24)23-15-21(16-23)17(9-13-27-21)8-12-22-10-4-5-11-22/h2-3,6-7,17H,4-5,8-16H2,1H3. The van der Waals surface area contributed by atoms with Gasteiger partial charge < -0.3 is 24.0 Å². The van der Waals surface area contributed by atoms with E-state index in [1.54, 1.807) is 7.11 Å². The van der Waals surface area contributed by atoms with Crippen LogP contribution in [0.15, 0.2) is 24.3 Å². The van der Waals surface area contributed by atoms with Gasteiger partial charge in [-0.15, -0.1) is 0 Å². The molecular weight excluding hydrogens is 344 g/mol. The van der Waals surface area contributed by atoms with Crippen molar-refractivity contribution in [1.29, 1.82) is 0 Å². The number of likely N-dealkylation sites (tertiary alicyclic amines) is 2. The highest BCUT2D eigenvalue weighted by atomic mass is 16.5. The van der Waals surface area contributed by atoms with Crippen LogP contribution in [0.3, 0.4) is 0 Å². The minimum absolute atomic E-state index is 0.0142. The Bertz CT molecular complexity index is 653. The maximum Gasteiger partial charge on any atom is 0.260 e. The zero-order valence-electron chi connectivity index (χ0n) is 16.2. The van der Waals surface area contributed by atoms with Crippen LogP contribution < -0.4 is 9.47 Å². The van der Waals surface area contributed by atoms with Gasteiger partial charge in [-0.3, -0.25) is 4.79 Å². The predicted octanol–water partition coefficient (Wildman–Crippen LogP) is 2.18. The number of nitrogens with zero attached hydrogens (tertiary/aromatic N) is 2. The first kappa shape index (κ1) is 18.6. The lowest BCUT2D eigenvalue weighted by molar-refractivity contribution is -0.167. The van der Waals surface area contributed by atoms with Gasteiger partial charge in [-0.25, -0.2) is 0 Å². The van der Waals surface area contributed by atoms with Gasteiger partial charge in [0.25, 0.3) is 5.91 Å². The first-order valence-corrected chi connectivity index (χ1v) is 10.1. The van der Waals surface area contributed by atoms with Crippen molar-refractivity contribution in [2.75, 3.05) is 53.0 Å². The number of carbonyl (C=O) groups is 1. The molecule has 4 rings (SSSR count). The predicted molar refractivity (Wildman–Crippen MR) is 102 cm³/mol. The molecule has 0 radical (unpaired) electrons. The number of hydrogen-bond acceptors (Lipinski definition) is 5.